The van der Waals surface area contributed by atoms with Crippen LogP contribution in [0, 0.1) is 34.9 Å². The van der Waals surface area contributed by atoms with Gasteiger partial charge in [0.05, 0.1) is 23.6 Å². The van der Waals surface area contributed by atoms with Crippen LogP contribution in [0.4, 0.5) is 18.0 Å². The lowest BCUT2D eigenvalue weighted by atomic mass is 9.85. The van der Waals surface area contributed by atoms with E-state index in [1.54, 1.807) is 0 Å². The zero-order valence-electron chi connectivity index (χ0n) is 26.1. The highest BCUT2D eigenvalue weighted by Crippen LogP contribution is 2.58. The van der Waals surface area contributed by atoms with Crippen molar-refractivity contribution in [2.24, 2.45) is 29.1 Å². The molecule has 2 aliphatic heterocycles. The zero-order valence-corrected chi connectivity index (χ0v) is 26.1. The minimum Gasteiger partial charge on any atom is -0.471 e. The first-order valence-electron chi connectivity index (χ1n) is 16.1. The van der Waals surface area contributed by atoms with Crippen molar-refractivity contribution in [3.8, 4) is 5.88 Å². The molecule has 0 spiro atoms. The van der Waals surface area contributed by atoms with Crippen molar-refractivity contribution in [3.63, 3.8) is 0 Å². The number of aromatic nitrogens is 2. The van der Waals surface area contributed by atoms with Gasteiger partial charge in [-0.2, -0.15) is 8.78 Å². The van der Waals surface area contributed by atoms with Crippen molar-refractivity contribution in [1.82, 2.24) is 20.2 Å². The third kappa shape index (κ3) is 6.08. The van der Waals surface area contributed by atoms with Crippen molar-refractivity contribution < 1.29 is 37.0 Å². The molecule has 244 valence electrons. The molecule has 1 N–H and O–H groups in total. The maximum Gasteiger partial charge on any atom is 0.408 e. The first kappa shape index (κ1) is 31.5. The SMILES string of the molecule is CC[C@@H]1[C@@H]2CN(C(=O)[C@H](C(C)(C)C)NC(=O)O[C@@H]3CC4CC4[C@H]3CCCCC(F)(F)c3nc4ccc(F)cc4nc3O2)[C@@H]1C=O. The Kier molecular flexibility index (Phi) is 8.22. The molecule has 2 amide bonds. The van der Waals surface area contributed by atoms with Crippen LogP contribution in [0.15, 0.2) is 18.2 Å². The van der Waals surface area contributed by atoms with Crippen LogP contribution in [0.2, 0.25) is 0 Å². The van der Waals surface area contributed by atoms with Gasteiger partial charge in [-0.05, 0) is 67.4 Å². The summed E-state index contributed by atoms with van der Waals surface area (Å²) in [5.74, 6) is -4.58. The third-order valence-electron chi connectivity index (χ3n) is 10.2. The van der Waals surface area contributed by atoms with Crippen LogP contribution in [-0.4, -0.2) is 64.0 Å². The van der Waals surface area contributed by atoms with Gasteiger partial charge in [0.2, 0.25) is 11.8 Å². The Morgan fingerprint density at radius 1 is 1.07 bits per heavy atom. The Labute approximate surface area is 260 Å². The van der Waals surface area contributed by atoms with E-state index in [1.807, 2.05) is 27.7 Å². The smallest absolute Gasteiger partial charge is 0.408 e. The molecule has 45 heavy (non-hydrogen) atoms. The number of alkyl carbamates (subject to hydrolysis) is 1. The quantitative estimate of drug-likeness (QED) is 0.419. The Balaban J connectivity index is 1.41. The van der Waals surface area contributed by atoms with Crippen molar-refractivity contribution in [2.75, 3.05) is 6.54 Å². The maximum absolute atomic E-state index is 16.0. The number of amides is 2. The number of hydrogen-bond acceptors (Lipinski definition) is 7. The van der Waals surface area contributed by atoms with Gasteiger partial charge < -0.3 is 24.5 Å². The molecular formula is C33H41F3N4O5. The number of aldehydes is 1. The van der Waals surface area contributed by atoms with Crippen LogP contribution in [0.5, 0.6) is 5.88 Å². The second kappa shape index (κ2) is 11.7. The Morgan fingerprint density at radius 3 is 2.56 bits per heavy atom. The molecule has 0 radical (unpaired) electrons. The molecule has 1 saturated heterocycles. The summed E-state index contributed by atoms with van der Waals surface area (Å²) in [6.07, 6.45) is 1.71. The summed E-state index contributed by atoms with van der Waals surface area (Å²) < 4.78 is 58.2. The number of nitrogens with one attached hydrogen (secondary N) is 1. The van der Waals surface area contributed by atoms with Crippen molar-refractivity contribution in [2.45, 2.75) is 103 Å². The standard InChI is InChI=1S/C33H41F3N4O5/c1-5-19-24(16-41)40-15-26(19)44-29-27(37-22-10-9-18(34)14-23(22)38-29)33(35,36)11-7-6-8-20-21-12-17(21)13-25(20)45-31(43)39-28(30(40)42)32(2,3)4/h9-10,14,16-17,19-21,24-26,28H,5-8,11-13,15H2,1-4H3,(H,39,43)/t17?,19-,20+,21?,24+,25+,26-,28+/m0/s1. The molecule has 4 aliphatic rings. The van der Waals surface area contributed by atoms with Gasteiger partial charge in [-0.3, -0.25) is 4.79 Å². The van der Waals surface area contributed by atoms with E-state index < -0.39 is 71.3 Å². The van der Waals surface area contributed by atoms with Crippen LogP contribution in [0.25, 0.3) is 11.0 Å². The number of carbonyl (C=O) groups excluding carboxylic acids is 3. The predicted molar refractivity (Wildman–Crippen MR) is 158 cm³/mol. The molecule has 2 aromatic rings. The maximum atomic E-state index is 16.0. The topological polar surface area (TPSA) is 111 Å². The lowest BCUT2D eigenvalue weighted by molar-refractivity contribution is -0.139. The molecule has 6 rings (SSSR count). The van der Waals surface area contributed by atoms with Gasteiger partial charge in [0.25, 0.3) is 5.92 Å². The van der Waals surface area contributed by atoms with Gasteiger partial charge in [0, 0.05) is 18.4 Å². The molecule has 1 aromatic carbocycles. The summed E-state index contributed by atoms with van der Waals surface area (Å²) >= 11 is 0. The number of fused-ring (bicyclic) bond motifs is 7. The van der Waals surface area contributed by atoms with E-state index in [2.05, 4.69) is 15.3 Å². The predicted octanol–water partition coefficient (Wildman–Crippen LogP) is 5.78. The highest BCUT2D eigenvalue weighted by Gasteiger charge is 2.55. The second-order valence-corrected chi connectivity index (χ2v) is 14.3. The van der Waals surface area contributed by atoms with E-state index in [0.717, 1.165) is 25.0 Å². The molecule has 2 saturated carbocycles. The van der Waals surface area contributed by atoms with Crippen LogP contribution in [0.3, 0.4) is 0 Å². The number of halogens is 3. The number of rotatable bonds is 2. The monoisotopic (exact) mass is 630 g/mol. The zero-order chi connectivity index (χ0) is 32.3. The van der Waals surface area contributed by atoms with E-state index in [0.29, 0.717) is 37.4 Å². The fraction of sp³-hybridized carbons (Fsp3) is 0.667. The van der Waals surface area contributed by atoms with Crippen LogP contribution < -0.4 is 10.1 Å². The molecule has 2 unspecified atom stereocenters. The van der Waals surface area contributed by atoms with Crippen molar-refractivity contribution >= 4 is 29.3 Å². The summed E-state index contributed by atoms with van der Waals surface area (Å²) in [4.78, 5) is 49.7. The van der Waals surface area contributed by atoms with Gasteiger partial charge in [-0.15, -0.1) is 0 Å². The van der Waals surface area contributed by atoms with Gasteiger partial charge in [-0.1, -0.05) is 34.1 Å². The number of hydrogen-bond donors (Lipinski definition) is 1. The number of nitrogens with zero attached hydrogens (tertiary/aromatic N) is 3. The van der Waals surface area contributed by atoms with E-state index in [4.69, 9.17) is 9.47 Å². The lowest BCUT2D eigenvalue weighted by Crippen LogP contribution is -2.56. The highest BCUT2D eigenvalue weighted by molar-refractivity contribution is 5.89. The molecule has 12 heteroatoms. The molecule has 1 aromatic heterocycles. The van der Waals surface area contributed by atoms with E-state index in [-0.39, 0.29) is 36.0 Å². The molecular weight excluding hydrogens is 589 g/mol. The summed E-state index contributed by atoms with van der Waals surface area (Å²) in [6.45, 7) is 7.14. The van der Waals surface area contributed by atoms with E-state index >= 15 is 8.78 Å². The van der Waals surface area contributed by atoms with Crippen molar-refractivity contribution in [1.29, 1.82) is 0 Å². The van der Waals surface area contributed by atoms with Crippen LogP contribution >= 0.6 is 0 Å². The average molecular weight is 631 g/mol. The van der Waals surface area contributed by atoms with Crippen LogP contribution in [0.1, 0.15) is 78.3 Å². The highest BCUT2D eigenvalue weighted by atomic mass is 19.3. The molecule has 3 heterocycles. The molecule has 2 aliphatic carbocycles. The molecule has 2 bridgehead atoms. The number of alkyl halides is 2. The molecule has 8 atom stereocenters. The van der Waals surface area contributed by atoms with E-state index in [1.165, 1.54) is 11.0 Å². The third-order valence-corrected chi connectivity index (χ3v) is 10.2. The van der Waals surface area contributed by atoms with Gasteiger partial charge in [0.1, 0.15) is 30.4 Å². The Bertz CT molecular complexity index is 1480. The normalized spacial score (nSPS) is 33.5. The van der Waals surface area contributed by atoms with Crippen molar-refractivity contribution in [3.05, 3.63) is 29.7 Å². The van der Waals surface area contributed by atoms with E-state index in [9.17, 15) is 18.8 Å². The minimum absolute atomic E-state index is 0.0550. The Hall–Kier alpha value is -3.44. The van der Waals surface area contributed by atoms with Gasteiger partial charge in [-0.25, -0.2) is 19.2 Å². The first-order chi connectivity index (χ1) is 21.3. The van der Waals surface area contributed by atoms with Gasteiger partial charge in [0.15, 0.2) is 5.69 Å². The summed E-state index contributed by atoms with van der Waals surface area (Å²) in [5, 5.41) is 2.80. The second-order valence-electron chi connectivity index (χ2n) is 14.3. The molecule has 3 fully saturated rings. The summed E-state index contributed by atoms with van der Waals surface area (Å²) in [5.41, 5.74) is -1.23. The van der Waals surface area contributed by atoms with Crippen LogP contribution in [-0.2, 0) is 20.2 Å². The average Bonchev–Trinajstić information content (AvgIpc) is 3.52. The Morgan fingerprint density at radius 2 is 1.84 bits per heavy atom. The lowest BCUT2D eigenvalue weighted by Gasteiger charge is -2.35. The summed E-state index contributed by atoms with van der Waals surface area (Å²) in [7, 11) is 0. The largest absolute Gasteiger partial charge is 0.471 e. The number of ether oxygens (including phenoxy) is 2. The molecule has 9 nitrogen and oxygen atoms in total. The minimum atomic E-state index is -3.42. The number of carbonyl (C=O) groups is 3. The summed E-state index contributed by atoms with van der Waals surface area (Å²) in [6, 6.07) is 1.59. The fourth-order valence-electron chi connectivity index (χ4n) is 7.72. The first-order valence-corrected chi connectivity index (χ1v) is 16.1. The van der Waals surface area contributed by atoms with Gasteiger partial charge >= 0.3 is 6.09 Å². The fourth-order valence-corrected chi connectivity index (χ4v) is 7.72. The number of benzene rings is 1.